The maximum Gasteiger partial charge on any atom is 0.255 e. The average molecular weight is 280 g/mol. The summed E-state index contributed by atoms with van der Waals surface area (Å²) in [5.74, 6) is -0.116. The van der Waals surface area contributed by atoms with E-state index in [-0.39, 0.29) is 5.91 Å². The zero-order valence-electron chi connectivity index (χ0n) is 10.6. The van der Waals surface area contributed by atoms with E-state index in [1.54, 1.807) is 23.6 Å². The first-order valence-electron chi connectivity index (χ1n) is 6.19. The van der Waals surface area contributed by atoms with E-state index in [4.69, 9.17) is 0 Å². The highest BCUT2D eigenvalue weighted by Gasteiger charge is 2.08. The van der Waals surface area contributed by atoms with E-state index in [0.717, 1.165) is 16.3 Å². The molecule has 1 N–H and O–H groups in total. The maximum absolute atomic E-state index is 12.2. The molecule has 98 valence electrons. The van der Waals surface area contributed by atoms with Crippen LogP contribution in [0.4, 0.5) is 5.69 Å². The third kappa shape index (κ3) is 2.75. The Morgan fingerprint density at radius 1 is 1.05 bits per heavy atom. The van der Waals surface area contributed by atoms with Crippen LogP contribution < -0.4 is 5.32 Å². The van der Waals surface area contributed by atoms with Gasteiger partial charge in [0.2, 0.25) is 0 Å². The summed E-state index contributed by atoms with van der Waals surface area (Å²) in [6, 6.07) is 16.9. The highest BCUT2D eigenvalue weighted by Crippen LogP contribution is 2.22. The van der Waals surface area contributed by atoms with Gasteiger partial charge in [0.1, 0.15) is 5.01 Å². The zero-order valence-corrected chi connectivity index (χ0v) is 11.4. The molecule has 3 nitrogen and oxygen atoms in total. The predicted molar refractivity (Wildman–Crippen MR) is 81.9 cm³/mol. The number of nitrogens with one attached hydrogen (secondary N) is 1. The van der Waals surface area contributed by atoms with Gasteiger partial charge in [0.15, 0.2) is 0 Å². The molecular weight excluding hydrogens is 268 g/mol. The third-order valence-corrected chi connectivity index (χ3v) is 3.66. The summed E-state index contributed by atoms with van der Waals surface area (Å²) in [7, 11) is 0. The van der Waals surface area contributed by atoms with E-state index in [9.17, 15) is 4.79 Å². The number of amides is 1. The van der Waals surface area contributed by atoms with Crippen molar-refractivity contribution in [3.63, 3.8) is 0 Å². The lowest BCUT2D eigenvalue weighted by Gasteiger charge is -2.06. The van der Waals surface area contributed by atoms with Gasteiger partial charge in [-0.05, 0) is 24.3 Å². The Morgan fingerprint density at radius 2 is 1.90 bits per heavy atom. The van der Waals surface area contributed by atoms with Gasteiger partial charge in [-0.2, -0.15) is 0 Å². The molecule has 0 bridgehead atoms. The number of para-hydroxylation sites is 1. The highest BCUT2D eigenvalue weighted by atomic mass is 32.1. The second-order valence-electron chi connectivity index (χ2n) is 4.24. The van der Waals surface area contributed by atoms with Gasteiger partial charge in [-0.15, -0.1) is 11.3 Å². The second kappa shape index (κ2) is 5.67. The van der Waals surface area contributed by atoms with Gasteiger partial charge in [-0.1, -0.05) is 30.3 Å². The number of benzene rings is 2. The van der Waals surface area contributed by atoms with Gasteiger partial charge < -0.3 is 5.32 Å². The van der Waals surface area contributed by atoms with Gasteiger partial charge in [0, 0.05) is 28.4 Å². The molecule has 0 spiro atoms. The fraction of sp³-hybridized carbons (Fsp3) is 0. The highest BCUT2D eigenvalue weighted by molar-refractivity contribution is 7.13. The standard InChI is InChI=1S/C16H12N2OS/c19-15(18-14-7-2-1-3-8-14)12-5-4-6-13(11-12)16-17-9-10-20-16/h1-11H,(H,18,19). The largest absolute Gasteiger partial charge is 0.322 e. The van der Waals surface area contributed by atoms with Crippen LogP contribution in [0, 0.1) is 0 Å². The molecule has 0 aliphatic heterocycles. The lowest BCUT2D eigenvalue weighted by molar-refractivity contribution is 0.102. The number of anilines is 1. The normalized spacial score (nSPS) is 10.2. The monoisotopic (exact) mass is 280 g/mol. The van der Waals surface area contributed by atoms with Crippen molar-refractivity contribution in [1.29, 1.82) is 0 Å². The molecule has 1 aromatic heterocycles. The molecule has 20 heavy (non-hydrogen) atoms. The number of nitrogens with zero attached hydrogens (tertiary/aromatic N) is 1. The average Bonchev–Trinajstić information content (AvgIpc) is 3.03. The van der Waals surface area contributed by atoms with Crippen LogP contribution in [0.5, 0.6) is 0 Å². The summed E-state index contributed by atoms with van der Waals surface area (Å²) in [5, 5.41) is 5.71. The lowest BCUT2D eigenvalue weighted by Crippen LogP contribution is -2.11. The van der Waals surface area contributed by atoms with Crippen molar-refractivity contribution >= 4 is 22.9 Å². The molecule has 0 atom stereocenters. The van der Waals surface area contributed by atoms with E-state index in [2.05, 4.69) is 10.3 Å². The van der Waals surface area contributed by atoms with Crippen molar-refractivity contribution in [1.82, 2.24) is 4.98 Å². The van der Waals surface area contributed by atoms with Gasteiger partial charge in [0.25, 0.3) is 5.91 Å². The van der Waals surface area contributed by atoms with Crippen LogP contribution in [0.25, 0.3) is 10.6 Å². The molecule has 4 heteroatoms. The minimum Gasteiger partial charge on any atom is -0.322 e. The number of thiazole rings is 1. The summed E-state index contributed by atoms with van der Waals surface area (Å²) >= 11 is 1.56. The maximum atomic E-state index is 12.2. The van der Waals surface area contributed by atoms with Gasteiger partial charge in [-0.3, -0.25) is 4.79 Å². The van der Waals surface area contributed by atoms with Crippen molar-refractivity contribution in [3.8, 4) is 10.6 Å². The summed E-state index contributed by atoms with van der Waals surface area (Å²) in [6.07, 6.45) is 1.76. The summed E-state index contributed by atoms with van der Waals surface area (Å²) < 4.78 is 0. The number of rotatable bonds is 3. The van der Waals surface area contributed by atoms with Crippen molar-refractivity contribution in [2.45, 2.75) is 0 Å². The van der Waals surface area contributed by atoms with Crippen LogP contribution in [0.1, 0.15) is 10.4 Å². The van der Waals surface area contributed by atoms with Gasteiger partial charge in [0.05, 0.1) is 0 Å². The first-order chi connectivity index (χ1) is 9.83. The van der Waals surface area contributed by atoms with Crippen molar-refractivity contribution < 1.29 is 4.79 Å². The number of hydrogen-bond acceptors (Lipinski definition) is 3. The summed E-state index contributed by atoms with van der Waals surface area (Å²) in [5.41, 5.74) is 2.37. The Morgan fingerprint density at radius 3 is 2.65 bits per heavy atom. The fourth-order valence-electron chi connectivity index (χ4n) is 1.88. The third-order valence-electron chi connectivity index (χ3n) is 2.84. The topological polar surface area (TPSA) is 42.0 Å². The quantitative estimate of drug-likeness (QED) is 0.786. The Balaban J connectivity index is 1.84. The molecule has 0 aliphatic rings. The molecule has 1 heterocycles. The SMILES string of the molecule is O=C(Nc1ccccc1)c1cccc(-c2nccs2)c1. The first-order valence-corrected chi connectivity index (χ1v) is 7.07. The van der Waals surface area contributed by atoms with Crippen LogP contribution in [0.2, 0.25) is 0 Å². The van der Waals surface area contributed by atoms with E-state index >= 15 is 0 Å². The van der Waals surface area contributed by atoms with E-state index in [1.807, 2.05) is 53.9 Å². The Labute approximate surface area is 120 Å². The fourth-order valence-corrected chi connectivity index (χ4v) is 2.52. The van der Waals surface area contributed by atoms with Crippen LogP contribution in [-0.4, -0.2) is 10.9 Å². The molecule has 0 fully saturated rings. The molecule has 0 radical (unpaired) electrons. The predicted octanol–water partition coefficient (Wildman–Crippen LogP) is 4.06. The molecule has 1 amide bonds. The minimum atomic E-state index is -0.116. The Bertz CT molecular complexity index is 708. The van der Waals surface area contributed by atoms with E-state index < -0.39 is 0 Å². The number of aromatic nitrogens is 1. The Kier molecular flexibility index (Phi) is 3.56. The van der Waals surface area contributed by atoms with Gasteiger partial charge in [-0.25, -0.2) is 4.98 Å². The van der Waals surface area contributed by atoms with Crippen LogP contribution in [-0.2, 0) is 0 Å². The number of carbonyl (C=O) groups excluding carboxylic acids is 1. The van der Waals surface area contributed by atoms with E-state index in [0.29, 0.717) is 5.56 Å². The zero-order chi connectivity index (χ0) is 13.8. The second-order valence-corrected chi connectivity index (χ2v) is 5.13. The number of carbonyl (C=O) groups is 1. The summed E-state index contributed by atoms with van der Waals surface area (Å²) in [4.78, 5) is 16.5. The minimum absolute atomic E-state index is 0.116. The van der Waals surface area contributed by atoms with Crippen LogP contribution >= 0.6 is 11.3 Å². The van der Waals surface area contributed by atoms with Crippen LogP contribution in [0.3, 0.4) is 0 Å². The number of hydrogen-bond donors (Lipinski definition) is 1. The molecular formula is C16H12N2OS. The first kappa shape index (κ1) is 12.6. The van der Waals surface area contributed by atoms with E-state index in [1.165, 1.54) is 0 Å². The van der Waals surface area contributed by atoms with Crippen LogP contribution in [0.15, 0.2) is 66.2 Å². The van der Waals surface area contributed by atoms with Crippen molar-refractivity contribution in [2.75, 3.05) is 5.32 Å². The van der Waals surface area contributed by atoms with Gasteiger partial charge >= 0.3 is 0 Å². The van der Waals surface area contributed by atoms with Crippen molar-refractivity contribution in [3.05, 3.63) is 71.7 Å². The summed E-state index contributed by atoms with van der Waals surface area (Å²) in [6.45, 7) is 0. The molecule has 0 saturated heterocycles. The molecule has 0 saturated carbocycles. The smallest absolute Gasteiger partial charge is 0.255 e. The molecule has 3 rings (SSSR count). The lowest BCUT2D eigenvalue weighted by atomic mass is 10.1. The molecule has 3 aromatic rings. The molecule has 0 aliphatic carbocycles. The molecule has 2 aromatic carbocycles. The Hall–Kier alpha value is -2.46. The molecule has 0 unspecified atom stereocenters. The van der Waals surface area contributed by atoms with Crippen molar-refractivity contribution in [2.24, 2.45) is 0 Å².